The van der Waals surface area contributed by atoms with Crippen LogP contribution in [0.3, 0.4) is 0 Å². The number of carbonyl (C=O) groups is 1. The first-order valence-corrected chi connectivity index (χ1v) is 3.32. The van der Waals surface area contributed by atoms with Crippen LogP contribution in [0.15, 0.2) is 0 Å². The topological polar surface area (TPSA) is 55.1 Å². The Morgan fingerprint density at radius 1 is 1.78 bits per heavy atom. The molecule has 0 spiro atoms. The summed E-state index contributed by atoms with van der Waals surface area (Å²) in [5, 5.41) is 2.76. The second kappa shape index (κ2) is 2.82. The first-order chi connectivity index (χ1) is 4.34. The fraction of sp³-hybridized carbons (Fsp3) is 0.833. The molecule has 1 atom stereocenters. The van der Waals surface area contributed by atoms with Crippen LogP contribution in [0, 0.1) is 5.92 Å². The van der Waals surface area contributed by atoms with E-state index in [0.717, 1.165) is 19.4 Å². The van der Waals surface area contributed by atoms with E-state index in [9.17, 15) is 4.79 Å². The van der Waals surface area contributed by atoms with Gasteiger partial charge in [-0.3, -0.25) is 4.79 Å². The molecule has 0 aromatic rings. The second-order valence-electron chi connectivity index (χ2n) is 2.35. The lowest BCUT2D eigenvalue weighted by molar-refractivity contribution is -0.122. The molecule has 0 aliphatic carbocycles. The van der Waals surface area contributed by atoms with Crippen molar-refractivity contribution < 1.29 is 4.79 Å². The molecule has 1 rings (SSSR count). The van der Waals surface area contributed by atoms with Crippen LogP contribution in [-0.2, 0) is 4.79 Å². The Labute approximate surface area is 54.6 Å². The molecule has 1 aliphatic rings. The van der Waals surface area contributed by atoms with Gasteiger partial charge in [0.05, 0.1) is 0 Å². The Bertz CT molecular complexity index is 114. The van der Waals surface area contributed by atoms with E-state index >= 15 is 0 Å². The standard InChI is InChI=1S/C6H12N2O/c7-3-1-5-2-4-8-6(5)9/h5H,1-4,7H2,(H,8,9). The van der Waals surface area contributed by atoms with Crippen LogP contribution < -0.4 is 11.1 Å². The zero-order valence-electron chi connectivity index (χ0n) is 5.39. The molecule has 1 unspecified atom stereocenters. The van der Waals surface area contributed by atoms with Crippen LogP contribution in [0.2, 0.25) is 0 Å². The monoisotopic (exact) mass is 128 g/mol. The summed E-state index contributed by atoms with van der Waals surface area (Å²) in [6, 6.07) is 0. The quantitative estimate of drug-likeness (QED) is 0.525. The lowest BCUT2D eigenvalue weighted by Gasteiger charge is -2.01. The number of hydrogen-bond acceptors (Lipinski definition) is 2. The van der Waals surface area contributed by atoms with Gasteiger partial charge in [-0.2, -0.15) is 0 Å². The second-order valence-corrected chi connectivity index (χ2v) is 2.35. The van der Waals surface area contributed by atoms with Crippen LogP contribution in [0.1, 0.15) is 12.8 Å². The normalized spacial score (nSPS) is 26.3. The summed E-state index contributed by atoms with van der Waals surface area (Å²) in [4.78, 5) is 10.8. The third kappa shape index (κ3) is 1.42. The molecule has 1 saturated heterocycles. The summed E-state index contributed by atoms with van der Waals surface area (Å²) in [6.07, 6.45) is 1.81. The Morgan fingerprint density at radius 3 is 3.00 bits per heavy atom. The minimum absolute atomic E-state index is 0.181. The average Bonchev–Trinajstić information content (AvgIpc) is 2.18. The maximum atomic E-state index is 10.8. The zero-order chi connectivity index (χ0) is 6.69. The summed E-state index contributed by atoms with van der Waals surface area (Å²) in [5.74, 6) is 0.385. The van der Waals surface area contributed by atoms with Gasteiger partial charge in [-0.15, -0.1) is 0 Å². The molecule has 3 heteroatoms. The Morgan fingerprint density at radius 2 is 2.56 bits per heavy atom. The largest absolute Gasteiger partial charge is 0.356 e. The lowest BCUT2D eigenvalue weighted by atomic mass is 10.1. The number of carbonyl (C=O) groups excluding carboxylic acids is 1. The van der Waals surface area contributed by atoms with Gasteiger partial charge in [0.15, 0.2) is 0 Å². The maximum Gasteiger partial charge on any atom is 0.223 e. The third-order valence-corrected chi connectivity index (χ3v) is 1.68. The van der Waals surface area contributed by atoms with Crippen LogP contribution in [0.4, 0.5) is 0 Å². The van der Waals surface area contributed by atoms with Gasteiger partial charge in [-0.1, -0.05) is 0 Å². The van der Waals surface area contributed by atoms with E-state index < -0.39 is 0 Å². The van der Waals surface area contributed by atoms with Gasteiger partial charge in [0.25, 0.3) is 0 Å². The molecule has 0 aromatic heterocycles. The zero-order valence-corrected chi connectivity index (χ0v) is 5.39. The predicted octanol–water partition coefficient (Wildman–Crippen LogP) is -0.529. The van der Waals surface area contributed by atoms with Crippen LogP contribution in [0.25, 0.3) is 0 Å². The number of nitrogens with two attached hydrogens (primary N) is 1. The van der Waals surface area contributed by atoms with Crippen LogP contribution >= 0.6 is 0 Å². The Kier molecular flexibility index (Phi) is 2.05. The van der Waals surface area contributed by atoms with Gasteiger partial charge in [-0.05, 0) is 19.4 Å². The molecule has 3 nitrogen and oxygen atoms in total. The van der Waals surface area contributed by atoms with Crippen molar-refractivity contribution in [3.8, 4) is 0 Å². The van der Waals surface area contributed by atoms with Crippen LogP contribution in [-0.4, -0.2) is 19.0 Å². The van der Waals surface area contributed by atoms with E-state index in [0.29, 0.717) is 6.54 Å². The first kappa shape index (κ1) is 6.55. The highest BCUT2D eigenvalue weighted by atomic mass is 16.2. The summed E-state index contributed by atoms with van der Waals surface area (Å²) < 4.78 is 0. The molecule has 0 radical (unpaired) electrons. The number of nitrogens with one attached hydrogen (secondary N) is 1. The molecule has 52 valence electrons. The number of amides is 1. The summed E-state index contributed by atoms with van der Waals surface area (Å²) in [5.41, 5.74) is 5.29. The van der Waals surface area contributed by atoms with Gasteiger partial charge >= 0.3 is 0 Å². The molecule has 1 heterocycles. The highest BCUT2D eigenvalue weighted by Gasteiger charge is 2.22. The van der Waals surface area contributed by atoms with Crippen molar-refractivity contribution in [2.75, 3.05) is 13.1 Å². The van der Waals surface area contributed by atoms with Crippen molar-refractivity contribution in [1.29, 1.82) is 0 Å². The third-order valence-electron chi connectivity index (χ3n) is 1.68. The van der Waals surface area contributed by atoms with Crippen molar-refractivity contribution in [1.82, 2.24) is 5.32 Å². The van der Waals surface area contributed by atoms with E-state index in [1.54, 1.807) is 0 Å². The van der Waals surface area contributed by atoms with E-state index in [4.69, 9.17) is 5.73 Å². The number of rotatable bonds is 2. The fourth-order valence-corrected chi connectivity index (χ4v) is 1.12. The Hall–Kier alpha value is -0.570. The molecular formula is C6H12N2O. The van der Waals surface area contributed by atoms with Crippen molar-refractivity contribution in [3.05, 3.63) is 0 Å². The SMILES string of the molecule is NCCC1CCNC1=O. The molecule has 1 fully saturated rings. The minimum Gasteiger partial charge on any atom is -0.356 e. The number of hydrogen-bond donors (Lipinski definition) is 2. The maximum absolute atomic E-state index is 10.8. The van der Waals surface area contributed by atoms with Crippen molar-refractivity contribution in [2.45, 2.75) is 12.8 Å². The molecule has 9 heavy (non-hydrogen) atoms. The molecular weight excluding hydrogens is 116 g/mol. The molecule has 0 aromatic carbocycles. The highest BCUT2D eigenvalue weighted by Crippen LogP contribution is 2.11. The molecule has 1 aliphatic heterocycles. The summed E-state index contributed by atoms with van der Waals surface area (Å²) >= 11 is 0. The van der Waals surface area contributed by atoms with Crippen molar-refractivity contribution >= 4 is 5.91 Å². The van der Waals surface area contributed by atoms with Gasteiger partial charge in [0.1, 0.15) is 0 Å². The fourth-order valence-electron chi connectivity index (χ4n) is 1.12. The first-order valence-electron chi connectivity index (χ1n) is 3.32. The van der Waals surface area contributed by atoms with E-state index in [1.165, 1.54) is 0 Å². The van der Waals surface area contributed by atoms with E-state index in [-0.39, 0.29) is 11.8 Å². The highest BCUT2D eigenvalue weighted by molar-refractivity contribution is 5.80. The summed E-state index contributed by atoms with van der Waals surface area (Å²) in [6.45, 7) is 1.46. The molecule has 0 bridgehead atoms. The summed E-state index contributed by atoms with van der Waals surface area (Å²) in [7, 11) is 0. The van der Waals surface area contributed by atoms with Crippen molar-refractivity contribution in [3.63, 3.8) is 0 Å². The van der Waals surface area contributed by atoms with Crippen molar-refractivity contribution in [2.24, 2.45) is 11.7 Å². The molecule has 1 amide bonds. The van der Waals surface area contributed by atoms with E-state index in [2.05, 4.69) is 5.32 Å². The molecule has 0 saturated carbocycles. The smallest absolute Gasteiger partial charge is 0.223 e. The van der Waals surface area contributed by atoms with Crippen LogP contribution in [0.5, 0.6) is 0 Å². The van der Waals surface area contributed by atoms with Gasteiger partial charge in [0.2, 0.25) is 5.91 Å². The molecule has 3 N–H and O–H groups in total. The van der Waals surface area contributed by atoms with Gasteiger partial charge in [-0.25, -0.2) is 0 Å². The van der Waals surface area contributed by atoms with Gasteiger partial charge in [0, 0.05) is 12.5 Å². The van der Waals surface area contributed by atoms with E-state index in [1.807, 2.05) is 0 Å². The van der Waals surface area contributed by atoms with Gasteiger partial charge < -0.3 is 11.1 Å². The predicted molar refractivity (Wildman–Crippen MR) is 34.8 cm³/mol. The average molecular weight is 128 g/mol. The Balaban J connectivity index is 2.31. The lowest BCUT2D eigenvalue weighted by Crippen LogP contribution is -2.20. The minimum atomic E-state index is 0.181.